The van der Waals surface area contributed by atoms with E-state index in [1.54, 1.807) is 0 Å². The van der Waals surface area contributed by atoms with Gasteiger partial charge in [-0.05, 0) is 52.9 Å². The van der Waals surface area contributed by atoms with Gasteiger partial charge in [-0.15, -0.1) is 0 Å². The molecule has 7 rings (SSSR count). The molecule has 2 atom stereocenters. The summed E-state index contributed by atoms with van der Waals surface area (Å²) in [6.07, 6.45) is 4.62. The first-order valence-corrected chi connectivity index (χ1v) is 12.9. The molecular formula is C31H31NO3. The van der Waals surface area contributed by atoms with Gasteiger partial charge in [0, 0.05) is 11.3 Å². The Kier molecular flexibility index (Phi) is 5.28. The van der Waals surface area contributed by atoms with Crippen molar-refractivity contribution in [3.05, 3.63) is 95.1 Å². The van der Waals surface area contributed by atoms with Crippen molar-refractivity contribution in [1.82, 2.24) is 0 Å². The molecule has 1 saturated heterocycles. The van der Waals surface area contributed by atoms with Crippen LogP contribution >= 0.6 is 0 Å². The maximum atomic E-state index is 14.0. The van der Waals surface area contributed by atoms with Gasteiger partial charge in [-0.2, -0.15) is 0 Å². The van der Waals surface area contributed by atoms with Gasteiger partial charge in [0.05, 0.1) is 24.1 Å². The van der Waals surface area contributed by atoms with Crippen LogP contribution in [0.25, 0.3) is 0 Å². The molecule has 178 valence electrons. The number of amides is 2. The molecule has 0 radical (unpaired) electrons. The van der Waals surface area contributed by atoms with Gasteiger partial charge >= 0.3 is 0 Å². The topological polar surface area (TPSA) is 46.6 Å². The van der Waals surface area contributed by atoms with Crippen molar-refractivity contribution < 1.29 is 14.3 Å². The minimum atomic E-state index is -0.532. The molecule has 35 heavy (non-hydrogen) atoms. The molecule has 0 aromatic heterocycles. The molecule has 0 saturated carbocycles. The van der Waals surface area contributed by atoms with Crippen molar-refractivity contribution in [2.75, 3.05) is 11.5 Å². The largest absolute Gasteiger partial charge is 0.494 e. The molecule has 3 aliphatic carbocycles. The molecular weight excluding hydrogens is 434 g/mol. The van der Waals surface area contributed by atoms with Crippen LogP contribution in [0.5, 0.6) is 5.75 Å². The molecule has 2 amide bonds. The summed E-state index contributed by atoms with van der Waals surface area (Å²) in [6.45, 7) is 5.03. The fourth-order valence-electron chi connectivity index (χ4n) is 6.82. The molecule has 0 N–H and O–H groups in total. The number of carbonyl (C=O) groups excluding carboxylic acids is 2. The van der Waals surface area contributed by atoms with E-state index < -0.39 is 11.3 Å². The van der Waals surface area contributed by atoms with Crippen molar-refractivity contribution in [3.8, 4) is 5.75 Å². The van der Waals surface area contributed by atoms with E-state index in [4.69, 9.17) is 4.74 Å². The average Bonchev–Trinajstić information content (AvgIpc) is 3.16. The highest BCUT2D eigenvalue weighted by Crippen LogP contribution is 2.64. The summed E-state index contributed by atoms with van der Waals surface area (Å²) in [6, 6.07) is 24.2. The van der Waals surface area contributed by atoms with Crippen LogP contribution in [0.1, 0.15) is 67.7 Å². The SMILES string of the molecule is CCCCCCOc1ccc(N2C(=O)[C@H]3C4c5ccccc5C(C)(c5ccccc54)[C@H]3C2=O)cc1. The number of ether oxygens (including phenoxy) is 1. The number of rotatable bonds is 7. The Morgan fingerprint density at radius 1 is 0.800 bits per heavy atom. The first kappa shape index (κ1) is 22.1. The third-order valence-corrected chi connectivity index (χ3v) is 8.40. The van der Waals surface area contributed by atoms with Crippen molar-refractivity contribution in [1.29, 1.82) is 0 Å². The highest BCUT2D eigenvalue weighted by molar-refractivity contribution is 6.23. The Morgan fingerprint density at radius 3 is 2.06 bits per heavy atom. The van der Waals surface area contributed by atoms with Gasteiger partial charge in [-0.25, -0.2) is 4.90 Å². The maximum Gasteiger partial charge on any atom is 0.238 e. The standard InChI is InChI=1S/C31H31NO3/c1-3-4-5-10-19-35-21-17-15-20(16-18-21)32-29(33)27-26-22-11-6-8-13-24(22)31(2,28(27)30(32)34)25-14-9-7-12-23(25)26/h6-9,11-18,26-28H,3-5,10,19H2,1-2H3/t26?,27-,28+,31?/m0/s1. The molecule has 4 nitrogen and oxygen atoms in total. The van der Waals surface area contributed by atoms with E-state index in [-0.39, 0.29) is 23.7 Å². The first-order valence-electron chi connectivity index (χ1n) is 12.9. The number of anilines is 1. The van der Waals surface area contributed by atoms with E-state index in [0.717, 1.165) is 12.2 Å². The van der Waals surface area contributed by atoms with E-state index in [1.165, 1.54) is 46.4 Å². The molecule has 1 heterocycles. The predicted octanol–water partition coefficient (Wildman–Crippen LogP) is 6.22. The number of carbonyl (C=O) groups is 2. The Morgan fingerprint density at radius 2 is 1.43 bits per heavy atom. The fraction of sp³-hybridized carbons (Fsp3) is 0.355. The quantitative estimate of drug-likeness (QED) is 0.308. The van der Waals surface area contributed by atoms with E-state index in [0.29, 0.717) is 12.3 Å². The Balaban J connectivity index is 1.34. The zero-order valence-electron chi connectivity index (χ0n) is 20.4. The lowest BCUT2D eigenvalue weighted by Gasteiger charge is -2.52. The lowest BCUT2D eigenvalue weighted by atomic mass is 9.48. The van der Waals surface area contributed by atoms with Gasteiger partial charge in [0.1, 0.15) is 5.75 Å². The summed E-state index contributed by atoms with van der Waals surface area (Å²) in [5.41, 5.74) is 4.83. The Labute approximate surface area is 206 Å². The second kappa shape index (κ2) is 8.37. The summed E-state index contributed by atoms with van der Waals surface area (Å²) in [5, 5.41) is 0. The zero-order valence-corrected chi connectivity index (χ0v) is 20.4. The lowest BCUT2D eigenvalue weighted by molar-refractivity contribution is -0.123. The summed E-state index contributed by atoms with van der Waals surface area (Å²) in [5.74, 6) is -0.292. The summed E-state index contributed by atoms with van der Waals surface area (Å²) in [7, 11) is 0. The van der Waals surface area contributed by atoms with Gasteiger partial charge in [0.2, 0.25) is 11.8 Å². The number of hydrogen-bond acceptors (Lipinski definition) is 3. The summed E-state index contributed by atoms with van der Waals surface area (Å²) < 4.78 is 5.87. The van der Waals surface area contributed by atoms with Crippen LogP contribution in [0.4, 0.5) is 5.69 Å². The van der Waals surface area contributed by atoms with E-state index >= 15 is 0 Å². The molecule has 0 unspecified atom stereocenters. The number of imide groups is 1. The summed E-state index contributed by atoms with van der Waals surface area (Å²) in [4.78, 5) is 29.4. The number of benzene rings is 3. The van der Waals surface area contributed by atoms with E-state index in [9.17, 15) is 9.59 Å². The van der Waals surface area contributed by atoms with Gasteiger partial charge in [0.25, 0.3) is 0 Å². The number of nitrogens with zero attached hydrogens (tertiary/aromatic N) is 1. The first-order chi connectivity index (χ1) is 17.1. The van der Waals surface area contributed by atoms with Crippen LogP contribution in [0.15, 0.2) is 72.8 Å². The van der Waals surface area contributed by atoms with Crippen LogP contribution in [0, 0.1) is 11.8 Å². The average molecular weight is 466 g/mol. The number of hydrogen-bond donors (Lipinski definition) is 0. The van der Waals surface area contributed by atoms with Crippen molar-refractivity contribution >= 4 is 17.5 Å². The van der Waals surface area contributed by atoms with Crippen LogP contribution in [0.2, 0.25) is 0 Å². The van der Waals surface area contributed by atoms with Crippen LogP contribution < -0.4 is 9.64 Å². The second-order valence-corrected chi connectivity index (χ2v) is 10.3. The smallest absolute Gasteiger partial charge is 0.238 e. The van der Waals surface area contributed by atoms with Crippen LogP contribution in [-0.4, -0.2) is 18.4 Å². The highest BCUT2D eigenvalue weighted by Gasteiger charge is 2.66. The minimum absolute atomic E-state index is 0.0894. The molecule has 1 aliphatic heterocycles. The van der Waals surface area contributed by atoms with Gasteiger partial charge in [0.15, 0.2) is 0 Å². The maximum absolute atomic E-state index is 14.0. The minimum Gasteiger partial charge on any atom is -0.494 e. The Hall–Kier alpha value is -3.40. The molecule has 4 aliphatic rings. The summed E-state index contributed by atoms with van der Waals surface area (Å²) >= 11 is 0. The van der Waals surface area contributed by atoms with E-state index in [1.807, 2.05) is 48.5 Å². The van der Waals surface area contributed by atoms with Crippen molar-refractivity contribution in [2.45, 2.75) is 50.9 Å². The van der Waals surface area contributed by atoms with Crippen LogP contribution in [0.3, 0.4) is 0 Å². The highest BCUT2D eigenvalue weighted by atomic mass is 16.5. The molecule has 0 spiro atoms. The third-order valence-electron chi connectivity index (χ3n) is 8.40. The monoisotopic (exact) mass is 465 g/mol. The van der Waals surface area contributed by atoms with Gasteiger partial charge in [-0.1, -0.05) is 81.6 Å². The van der Waals surface area contributed by atoms with Gasteiger partial charge < -0.3 is 4.74 Å². The van der Waals surface area contributed by atoms with Crippen LogP contribution in [-0.2, 0) is 15.0 Å². The fourth-order valence-corrected chi connectivity index (χ4v) is 6.82. The normalized spacial score (nSPS) is 25.9. The van der Waals surface area contributed by atoms with Crippen molar-refractivity contribution in [3.63, 3.8) is 0 Å². The Bertz CT molecular complexity index is 1250. The second-order valence-electron chi connectivity index (χ2n) is 10.3. The lowest BCUT2D eigenvalue weighted by Crippen LogP contribution is -2.51. The molecule has 4 heteroatoms. The molecule has 2 bridgehead atoms. The molecule has 1 fully saturated rings. The predicted molar refractivity (Wildman–Crippen MR) is 137 cm³/mol. The molecule has 3 aromatic carbocycles. The molecule has 3 aromatic rings. The van der Waals surface area contributed by atoms with Gasteiger partial charge in [-0.3, -0.25) is 9.59 Å². The number of unbranched alkanes of at least 4 members (excludes halogenated alkanes) is 3. The van der Waals surface area contributed by atoms with Crippen molar-refractivity contribution in [2.24, 2.45) is 11.8 Å². The van der Waals surface area contributed by atoms with E-state index in [2.05, 4.69) is 38.1 Å². The third kappa shape index (κ3) is 3.12. The zero-order chi connectivity index (χ0) is 24.2.